The number of rotatable bonds is 2. The van der Waals surface area contributed by atoms with Crippen LogP contribution in [0.25, 0.3) is 16.7 Å². The lowest BCUT2D eigenvalue weighted by Gasteiger charge is -2.02. The summed E-state index contributed by atoms with van der Waals surface area (Å²) < 4.78 is 2.43. The second-order valence-corrected chi connectivity index (χ2v) is 4.87. The number of non-ortho nitro benzene ring substituents is 1. The van der Waals surface area contributed by atoms with E-state index in [0.717, 1.165) is 14.7 Å². The number of nitrogens with zero attached hydrogens (tertiary/aromatic N) is 4. The molecule has 0 radical (unpaired) electrons. The van der Waals surface area contributed by atoms with Gasteiger partial charge in [-0.05, 0) is 40.8 Å². The Hall–Kier alpha value is -2.03. The van der Waals surface area contributed by atoms with Gasteiger partial charge in [0.2, 0.25) is 0 Å². The molecule has 0 aliphatic rings. The molecule has 0 N–H and O–H groups in total. The summed E-state index contributed by atoms with van der Waals surface area (Å²) in [6.45, 7) is 0. The van der Waals surface area contributed by atoms with Crippen molar-refractivity contribution in [1.29, 1.82) is 0 Å². The zero-order valence-corrected chi connectivity index (χ0v) is 11.7. The van der Waals surface area contributed by atoms with Crippen molar-refractivity contribution >= 4 is 39.3 Å². The summed E-state index contributed by atoms with van der Waals surface area (Å²) in [7, 11) is 0. The SMILES string of the molecule is O=[N+]([O-])c1cccc(-n2nc(I)c3ncccc32)c1. The number of aromatic nitrogens is 3. The maximum Gasteiger partial charge on any atom is 0.271 e. The Kier molecular flexibility index (Phi) is 2.90. The molecule has 7 heteroatoms. The van der Waals surface area contributed by atoms with Gasteiger partial charge in [0, 0.05) is 18.3 Å². The van der Waals surface area contributed by atoms with Gasteiger partial charge in [-0.25, -0.2) is 4.68 Å². The summed E-state index contributed by atoms with van der Waals surface area (Å²) in [5, 5.41) is 15.2. The summed E-state index contributed by atoms with van der Waals surface area (Å²) in [6.07, 6.45) is 1.70. The van der Waals surface area contributed by atoms with E-state index in [-0.39, 0.29) is 5.69 Å². The van der Waals surface area contributed by atoms with Crippen LogP contribution in [0.5, 0.6) is 0 Å². The molecule has 0 unspecified atom stereocenters. The van der Waals surface area contributed by atoms with Crippen molar-refractivity contribution in [3.8, 4) is 5.69 Å². The van der Waals surface area contributed by atoms with Crippen molar-refractivity contribution in [2.75, 3.05) is 0 Å². The van der Waals surface area contributed by atoms with E-state index in [4.69, 9.17) is 0 Å². The predicted molar refractivity (Wildman–Crippen MR) is 78.2 cm³/mol. The number of halogens is 1. The number of pyridine rings is 1. The van der Waals surface area contributed by atoms with Gasteiger partial charge >= 0.3 is 0 Å². The number of hydrogen-bond acceptors (Lipinski definition) is 4. The van der Waals surface area contributed by atoms with Crippen LogP contribution in [0, 0.1) is 13.8 Å². The molecule has 0 saturated heterocycles. The molecule has 2 heterocycles. The highest BCUT2D eigenvalue weighted by atomic mass is 127. The van der Waals surface area contributed by atoms with Gasteiger partial charge in [-0.3, -0.25) is 15.1 Å². The highest BCUT2D eigenvalue weighted by molar-refractivity contribution is 14.1. The van der Waals surface area contributed by atoms with Gasteiger partial charge in [0.15, 0.2) is 0 Å². The van der Waals surface area contributed by atoms with Crippen molar-refractivity contribution in [3.63, 3.8) is 0 Å². The molecule has 0 bridgehead atoms. The van der Waals surface area contributed by atoms with Gasteiger partial charge < -0.3 is 0 Å². The maximum atomic E-state index is 10.8. The average Bonchev–Trinajstić information content (AvgIpc) is 2.77. The second-order valence-electron chi connectivity index (χ2n) is 3.85. The minimum absolute atomic E-state index is 0.0417. The van der Waals surface area contributed by atoms with Crippen LogP contribution < -0.4 is 0 Å². The Balaban J connectivity index is 2.25. The summed E-state index contributed by atoms with van der Waals surface area (Å²) in [6, 6.07) is 10.1. The predicted octanol–water partition coefficient (Wildman–Crippen LogP) is 2.93. The van der Waals surface area contributed by atoms with Gasteiger partial charge in [0.05, 0.1) is 16.1 Å². The van der Waals surface area contributed by atoms with E-state index >= 15 is 0 Å². The quantitative estimate of drug-likeness (QED) is 0.397. The monoisotopic (exact) mass is 366 g/mol. The van der Waals surface area contributed by atoms with Crippen molar-refractivity contribution in [2.45, 2.75) is 0 Å². The first-order valence-corrected chi connectivity index (χ1v) is 6.49. The van der Waals surface area contributed by atoms with Crippen molar-refractivity contribution < 1.29 is 4.92 Å². The number of benzene rings is 1. The second kappa shape index (κ2) is 4.57. The third-order valence-electron chi connectivity index (χ3n) is 2.68. The fraction of sp³-hybridized carbons (Fsp3) is 0. The van der Waals surface area contributed by atoms with E-state index in [1.807, 2.05) is 12.1 Å². The van der Waals surface area contributed by atoms with Crippen LogP contribution in [-0.2, 0) is 0 Å². The van der Waals surface area contributed by atoms with Crippen molar-refractivity contribution in [2.24, 2.45) is 0 Å². The Bertz CT molecular complexity index is 784. The van der Waals surface area contributed by atoms with E-state index < -0.39 is 4.92 Å². The molecular weight excluding hydrogens is 359 g/mol. The normalized spacial score (nSPS) is 10.8. The Morgan fingerprint density at radius 1 is 1.26 bits per heavy atom. The van der Waals surface area contributed by atoms with Crippen LogP contribution in [0.15, 0.2) is 42.6 Å². The molecule has 19 heavy (non-hydrogen) atoms. The molecule has 1 aromatic carbocycles. The molecule has 0 fully saturated rings. The Labute approximate surface area is 121 Å². The van der Waals surface area contributed by atoms with Crippen LogP contribution in [0.3, 0.4) is 0 Å². The van der Waals surface area contributed by atoms with Crippen molar-refractivity contribution in [3.05, 3.63) is 56.4 Å². The first-order chi connectivity index (χ1) is 9.16. The third-order valence-corrected chi connectivity index (χ3v) is 3.41. The lowest BCUT2D eigenvalue weighted by molar-refractivity contribution is -0.384. The highest BCUT2D eigenvalue weighted by Gasteiger charge is 2.13. The first kappa shape index (κ1) is 12.0. The van der Waals surface area contributed by atoms with Gasteiger partial charge in [-0.15, -0.1) is 0 Å². The van der Waals surface area contributed by atoms with Crippen LogP contribution in [0.1, 0.15) is 0 Å². The molecule has 3 aromatic rings. The molecule has 0 amide bonds. The molecule has 0 saturated carbocycles. The van der Waals surface area contributed by atoms with Gasteiger partial charge in [-0.1, -0.05) is 6.07 Å². The molecule has 6 nitrogen and oxygen atoms in total. The molecule has 2 aromatic heterocycles. The highest BCUT2D eigenvalue weighted by Crippen LogP contribution is 2.23. The van der Waals surface area contributed by atoms with Gasteiger partial charge in [0.1, 0.15) is 9.22 Å². The number of nitro benzene ring substituents is 1. The number of hydrogen-bond donors (Lipinski definition) is 0. The van der Waals surface area contributed by atoms with Crippen LogP contribution in [0.4, 0.5) is 5.69 Å². The Morgan fingerprint density at radius 2 is 2.11 bits per heavy atom. The summed E-state index contributed by atoms with van der Waals surface area (Å²) in [5.41, 5.74) is 2.30. The molecule has 0 aliphatic carbocycles. The Morgan fingerprint density at radius 3 is 2.89 bits per heavy atom. The number of nitro groups is 1. The maximum absolute atomic E-state index is 10.8. The van der Waals surface area contributed by atoms with Crippen LogP contribution >= 0.6 is 22.6 Å². The molecular formula is C12H7IN4O2. The summed E-state index contributed by atoms with van der Waals surface area (Å²) >= 11 is 2.10. The smallest absolute Gasteiger partial charge is 0.258 e. The zero-order valence-electron chi connectivity index (χ0n) is 9.52. The minimum Gasteiger partial charge on any atom is -0.258 e. The lowest BCUT2D eigenvalue weighted by Crippen LogP contribution is -1.98. The summed E-state index contributed by atoms with van der Waals surface area (Å²) in [5.74, 6) is 0. The fourth-order valence-electron chi connectivity index (χ4n) is 1.85. The van der Waals surface area contributed by atoms with Gasteiger partial charge in [-0.2, -0.15) is 5.10 Å². The topological polar surface area (TPSA) is 73.8 Å². The molecule has 0 aliphatic heterocycles. The van der Waals surface area contributed by atoms with Crippen LogP contribution in [-0.4, -0.2) is 19.7 Å². The van der Waals surface area contributed by atoms with E-state index in [2.05, 4.69) is 32.7 Å². The fourth-order valence-corrected chi connectivity index (χ4v) is 2.48. The largest absolute Gasteiger partial charge is 0.271 e. The molecule has 0 spiro atoms. The molecule has 94 valence electrons. The minimum atomic E-state index is -0.418. The zero-order chi connectivity index (χ0) is 13.4. The molecule has 0 atom stereocenters. The van der Waals surface area contributed by atoms with E-state index in [0.29, 0.717) is 5.69 Å². The van der Waals surface area contributed by atoms with E-state index in [9.17, 15) is 10.1 Å². The average molecular weight is 366 g/mol. The standard InChI is InChI=1S/C12H7IN4O2/c13-12-11-10(5-2-6-14-11)16(15-12)8-3-1-4-9(7-8)17(18)19/h1-7H. The summed E-state index contributed by atoms with van der Waals surface area (Å²) in [4.78, 5) is 14.7. The van der Waals surface area contributed by atoms with Gasteiger partial charge in [0.25, 0.3) is 5.69 Å². The van der Waals surface area contributed by atoms with Crippen molar-refractivity contribution in [1.82, 2.24) is 14.8 Å². The van der Waals surface area contributed by atoms with Crippen LogP contribution in [0.2, 0.25) is 0 Å². The lowest BCUT2D eigenvalue weighted by atomic mass is 10.3. The van der Waals surface area contributed by atoms with E-state index in [1.54, 1.807) is 23.0 Å². The first-order valence-electron chi connectivity index (χ1n) is 5.41. The molecule has 3 rings (SSSR count). The van der Waals surface area contributed by atoms with E-state index in [1.165, 1.54) is 12.1 Å². The number of fused-ring (bicyclic) bond motifs is 1. The third kappa shape index (κ3) is 2.05.